The van der Waals surface area contributed by atoms with Crippen molar-refractivity contribution in [1.82, 2.24) is 20.0 Å². The van der Waals surface area contributed by atoms with Crippen LogP contribution in [0.5, 0.6) is 0 Å². The van der Waals surface area contributed by atoms with Crippen molar-refractivity contribution in [3.63, 3.8) is 0 Å². The largest absolute Gasteiger partial charge is 0.467 e. The molecule has 2 aliphatic heterocycles. The molecule has 2 aromatic rings. The molecule has 4 rings (SSSR count). The van der Waals surface area contributed by atoms with E-state index in [2.05, 4.69) is 10.4 Å². The number of nitrogens with one attached hydrogen (secondary N) is 1. The number of amides is 1. The average molecular weight is 351 g/mol. The first-order chi connectivity index (χ1) is 11.3. The topological polar surface area (TPSA) is 63.3 Å². The third-order valence-corrected chi connectivity index (χ3v) is 4.86. The van der Waals surface area contributed by atoms with Crippen molar-refractivity contribution in [3.05, 3.63) is 42.1 Å². The van der Waals surface area contributed by atoms with Gasteiger partial charge in [0.25, 0.3) is 5.91 Å². The fourth-order valence-electron chi connectivity index (χ4n) is 3.65. The number of likely N-dealkylation sites (tertiary alicyclic amines) is 1. The summed E-state index contributed by atoms with van der Waals surface area (Å²) < 4.78 is 7.45. The standard InChI is InChI=1S/C17H22N4O2.ClH/c22-17(20-9-2-5-15(20)16-6-3-11-23-16)14-7-10-21(19-14)13-4-1-8-18-12-13;/h3,6-7,10-11,13,15,18H,1-2,4-5,8-9,12H2;1H. The fraction of sp³-hybridized carbons (Fsp3) is 0.529. The fourth-order valence-corrected chi connectivity index (χ4v) is 3.65. The van der Waals surface area contributed by atoms with Gasteiger partial charge in [-0.15, -0.1) is 12.4 Å². The number of carbonyl (C=O) groups excluding carboxylic acids is 1. The molecule has 6 nitrogen and oxygen atoms in total. The van der Waals surface area contributed by atoms with Crippen LogP contribution in [0.4, 0.5) is 0 Å². The molecular weight excluding hydrogens is 328 g/mol. The average Bonchev–Trinajstić information content (AvgIpc) is 3.34. The number of halogens is 1. The summed E-state index contributed by atoms with van der Waals surface area (Å²) in [7, 11) is 0. The Morgan fingerprint density at radius 2 is 2.21 bits per heavy atom. The van der Waals surface area contributed by atoms with E-state index in [4.69, 9.17) is 4.42 Å². The molecule has 7 heteroatoms. The van der Waals surface area contributed by atoms with E-state index in [1.807, 2.05) is 34.0 Å². The molecular formula is C17H23ClN4O2. The van der Waals surface area contributed by atoms with E-state index < -0.39 is 0 Å². The predicted octanol–water partition coefficient (Wildman–Crippen LogP) is 2.80. The minimum Gasteiger partial charge on any atom is -0.467 e. The summed E-state index contributed by atoms with van der Waals surface area (Å²) in [6, 6.07) is 6.06. The molecule has 0 aromatic carbocycles. The van der Waals surface area contributed by atoms with Crippen molar-refractivity contribution < 1.29 is 9.21 Å². The van der Waals surface area contributed by atoms with Crippen molar-refractivity contribution in [2.45, 2.75) is 37.8 Å². The van der Waals surface area contributed by atoms with Crippen LogP contribution in [-0.4, -0.2) is 40.2 Å². The monoisotopic (exact) mass is 350 g/mol. The van der Waals surface area contributed by atoms with E-state index in [1.54, 1.807) is 6.26 Å². The molecule has 130 valence electrons. The van der Waals surface area contributed by atoms with Gasteiger partial charge in [-0.3, -0.25) is 9.48 Å². The maximum atomic E-state index is 12.8. The molecule has 1 N–H and O–H groups in total. The van der Waals surface area contributed by atoms with Crippen molar-refractivity contribution in [3.8, 4) is 0 Å². The Morgan fingerprint density at radius 3 is 2.96 bits per heavy atom. The first-order valence-electron chi connectivity index (χ1n) is 8.43. The smallest absolute Gasteiger partial charge is 0.274 e. The van der Waals surface area contributed by atoms with Gasteiger partial charge in [0, 0.05) is 19.3 Å². The minimum atomic E-state index is 0. The van der Waals surface area contributed by atoms with Crippen molar-refractivity contribution in [2.75, 3.05) is 19.6 Å². The summed E-state index contributed by atoms with van der Waals surface area (Å²) in [4.78, 5) is 14.7. The van der Waals surface area contributed by atoms with Gasteiger partial charge < -0.3 is 14.6 Å². The van der Waals surface area contributed by atoms with Gasteiger partial charge in [0.1, 0.15) is 11.5 Å². The highest BCUT2D eigenvalue weighted by molar-refractivity contribution is 5.92. The van der Waals surface area contributed by atoms with Crippen molar-refractivity contribution in [2.24, 2.45) is 0 Å². The Morgan fingerprint density at radius 1 is 1.29 bits per heavy atom. The molecule has 2 aliphatic rings. The summed E-state index contributed by atoms with van der Waals surface area (Å²) in [5.41, 5.74) is 0.536. The lowest BCUT2D eigenvalue weighted by molar-refractivity contribution is 0.0712. The van der Waals surface area contributed by atoms with Crippen molar-refractivity contribution >= 4 is 18.3 Å². The Kier molecular flexibility index (Phi) is 5.26. The molecule has 2 aromatic heterocycles. The molecule has 24 heavy (non-hydrogen) atoms. The lowest BCUT2D eigenvalue weighted by Crippen LogP contribution is -2.33. The predicted molar refractivity (Wildman–Crippen MR) is 92.3 cm³/mol. The summed E-state index contributed by atoms with van der Waals surface area (Å²) in [5, 5.41) is 7.93. The molecule has 0 saturated carbocycles. The van der Waals surface area contributed by atoms with Crippen LogP contribution in [-0.2, 0) is 0 Å². The second kappa shape index (κ2) is 7.40. The Labute approximate surface area is 147 Å². The zero-order chi connectivity index (χ0) is 15.6. The molecule has 2 fully saturated rings. The normalized spacial score (nSPS) is 23.9. The van der Waals surface area contributed by atoms with Crippen LogP contribution in [0.3, 0.4) is 0 Å². The molecule has 0 aliphatic carbocycles. The van der Waals surface area contributed by atoms with Crippen LogP contribution in [0.25, 0.3) is 0 Å². The molecule has 2 saturated heterocycles. The van der Waals surface area contributed by atoms with Gasteiger partial charge in [-0.25, -0.2) is 0 Å². The van der Waals surface area contributed by atoms with Crippen LogP contribution < -0.4 is 5.32 Å². The van der Waals surface area contributed by atoms with Gasteiger partial charge in [0.15, 0.2) is 0 Å². The number of piperidine rings is 1. The first-order valence-corrected chi connectivity index (χ1v) is 8.43. The molecule has 2 atom stereocenters. The van der Waals surface area contributed by atoms with Gasteiger partial charge in [0.2, 0.25) is 0 Å². The summed E-state index contributed by atoms with van der Waals surface area (Å²) >= 11 is 0. The highest BCUT2D eigenvalue weighted by Crippen LogP contribution is 2.33. The highest BCUT2D eigenvalue weighted by atomic mass is 35.5. The molecule has 0 radical (unpaired) electrons. The molecule has 4 heterocycles. The Hall–Kier alpha value is -1.79. The minimum absolute atomic E-state index is 0. The SMILES string of the molecule is Cl.O=C(c1ccn(C2CCCNC2)n1)N1CCCC1c1ccco1. The Balaban J connectivity index is 0.00000169. The molecule has 0 spiro atoms. The summed E-state index contributed by atoms with van der Waals surface area (Å²) in [6.45, 7) is 2.76. The van der Waals surface area contributed by atoms with Gasteiger partial charge in [-0.2, -0.15) is 5.10 Å². The van der Waals surface area contributed by atoms with Gasteiger partial charge in [-0.05, 0) is 50.4 Å². The van der Waals surface area contributed by atoms with E-state index in [0.29, 0.717) is 11.7 Å². The zero-order valence-corrected chi connectivity index (χ0v) is 14.4. The van der Waals surface area contributed by atoms with E-state index in [9.17, 15) is 4.79 Å². The third-order valence-electron chi connectivity index (χ3n) is 4.86. The first kappa shape index (κ1) is 17.0. The molecule has 2 unspecified atom stereocenters. The van der Waals surface area contributed by atoms with E-state index in [-0.39, 0.29) is 24.4 Å². The number of aromatic nitrogens is 2. The maximum Gasteiger partial charge on any atom is 0.274 e. The summed E-state index contributed by atoms with van der Waals surface area (Å²) in [5.74, 6) is 0.873. The second-order valence-electron chi connectivity index (χ2n) is 6.35. The maximum absolute atomic E-state index is 12.8. The lowest BCUT2D eigenvalue weighted by atomic mass is 10.1. The molecule has 1 amide bonds. The molecule has 0 bridgehead atoms. The summed E-state index contributed by atoms with van der Waals surface area (Å²) in [6.07, 6.45) is 7.82. The van der Waals surface area contributed by atoms with Crippen LogP contribution >= 0.6 is 12.4 Å². The van der Waals surface area contributed by atoms with Crippen molar-refractivity contribution in [1.29, 1.82) is 0 Å². The third kappa shape index (κ3) is 3.21. The lowest BCUT2D eigenvalue weighted by Gasteiger charge is -2.23. The number of furan rings is 1. The van der Waals surface area contributed by atoms with Crippen LogP contribution in [0, 0.1) is 0 Å². The van der Waals surface area contributed by atoms with Gasteiger partial charge in [0.05, 0.1) is 18.3 Å². The van der Waals surface area contributed by atoms with E-state index in [0.717, 1.165) is 51.1 Å². The van der Waals surface area contributed by atoms with Gasteiger partial charge in [-0.1, -0.05) is 0 Å². The van der Waals surface area contributed by atoms with E-state index in [1.165, 1.54) is 0 Å². The number of rotatable bonds is 3. The second-order valence-corrected chi connectivity index (χ2v) is 6.35. The van der Waals surface area contributed by atoms with E-state index >= 15 is 0 Å². The number of carbonyl (C=O) groups is 1. The number of hydrogen-bond acceptors (Lipinski definition) is 4. The quantitative estimate of drug-likeness (QED) is 0.924. The number of nitrogens with zero attached hydrogens (tertiary/aromatic N) is 3. The number of hydrogen-bond donors (Lipinski definition) is 1. The van der Waals surface area contributed by atoms with Gasteiger partial charge >= 0.3 is 0 Å². The van der Waals surface area contributed by atoms with Crippen LogP contribution in [0.15, 0.2) is 35.1 Å². The Bertz CT molecular complexity index is 664. The zero-order valence-electron chi connectivity index (χ0n) is 13.6. The van der Waals surface area contributed by atoms with Crippen LogP contribution in [0.1, 0.15) is 54.0 Å². The van der Waals surface area contributed by atoms with Crippen LogP contribution in [0.2, 0.25) is 0 Å². The highest BCUT2D eigenvalue weighted by Gasteiger charge is 2.33.